The molecule has 1 aliphatic rings. The smallest absolute Gasteiger partial charge is 0.264 e. The molecule has 1 N–H and O–H groups in total. The number of aromatic nitrogens is 2. The van der Waals surface area contributed by atoms with Crippen LogP contribution in [0.3, 0.4) is 0 Å². The van der Waals surface area contributed by atoms with Gasteiger partial charge in [0, 0.05) is 10.8 Å². The highest BCUT2D eigenvalue weighted by molar-refractivity contribution is 14.1. The predicted octanol–water partition coefficient (Wildman–Crippen LogP) is 3.68. The second kappa shape index (κ2) is 5.85. The van der Waals surface area contributed by atoms with E-state index in [4.69, 9.17) is 0 Å². The fourth-order valence-electron chi connectivity index (χ4n) is 1.93. The first-order valence-corrected chi connectivity index (χ1v) is 8.37. The zero-order valence-electron chi connectivity index (χ0n) is 10.5. The molecule has 1 aromatic heterocycles. The van der Waals surface area contributed by atoms with Crippen LogP contribution in [0.1, 0.15) is 30.3 Å². The van der Waals surface area contributed by atoms with E-state index in [0.29, 0.717) is 21.1 Å². The zero-order chi connectivity index (χ0) is 14.1. The van der Waals surface area contributed by atoms with Crippen molar-refractivity contribution in [2.75, 3.05) is 0 Å². The Morgan fingerprint density at radius 1 is 1.45 bits per heavy atom. The lowest BCUT2D eigenvalue weighted by Gasteiger charge is -2.06. The van der Waals surface area contributed by atoms with Crippen LogP contribution in [0, 0.1) is 9.39 Å². The Morgan fingerprint density at radius 3 is 2.95 bits per heavy atom. The molecule has 1 heterocycles. The number of halogens is 2. The fraction of sp³-hybridized carbons (Fsp3) is 0.286. The van der Waals surface area contributed by atoms with Crippen molar-refractivity contribution in [1.29, 1.82) is 0 Å². The van der Waals surface area contributed by atoms with Gasteiger partial charge in [0.1, 0.15) is 11.6 Å². The Labute approximate surface area is 133 Å². The van der Waals surface area contributed by atoms with Crippen molar-refractivity contribution in [2.45, 2.75) is 29.4 Å². The van der Waals surface area contributed by atoms with Gasteiger partial charge < -0.3 is 4.98 Å². The zero-order valence-corrected chi connectivity index (χ0v) is 13.5. The number of rotatable bonds is 4. The summed E-state index contributed by atoms with van der Waals surface area (Å²) in [5, 5.41) is 0. The maximum atomic E-state index is 13.1. The van der Waals surface area contributed by atoms with E-state index < -0.39 is 0 Å². The average molecular weight is 402 g/mol. The van der Waals surface area contributed by atoms with Crippen molar-refractivity contribution < 1.29 is 4.39 Å². The summed E-state index contributed by atoms with van der Waals surface area (Å²) in [5.41, 5.74) is 0.849. The van der Waals surface area contributed by atoms with Crippen LogP contribution >= 0.6 is 34.4 Å². The Bertz CT molecular complexity index is 700. The summed E-state index contributed by atoms with van der Waals surface area (Å²) < 4.78 is 13.8. The molecule has 20 heavy (non-hydrogen) atoms. The lowest BCUT2D eigenvalue weighted by Crippen LogP contribution is -2.17. The molecule has 104 valence electrons. The highest BCUT2D eigenvalue weighted by Gasteiger charge is 2.28. The van der Waals surface area contributed by atoms with Gasteiger partial charge in [-0.05, 0) is 53.6 Å². The Hall–Kier alpha value is -0.890. The van der Waals surface area contributed by atoms with Gasteiger partial charge in [0.05, 0.1) is 15.0 Å². The van der Waals surface area contributed by atoms with Crippen LogP contribution < -0.4 is 5.56 Å². The molecule has 0 unspecified atom stereocenters. The van der Waals surface area contributed by atoms with E-state index >= 15 is 0 Å². The van der Waals surface area contributed by atoms with Crippen molar-refractivity contribution in [3.63, 3.8) is 0 Å². The molecule has 0 bridgehead atoms. The van der Waals surface area contributed by atoms with Gasteiger partial charge in [-0.25, -0.2) is 9.37 Å². The molecule has 0 saturated heterocycles. The molecule has 6 heteroatoms. The van der Waals surface area contributed by atoms with E-state index in [2.05, 4.69) is 32.6 Å². The standard InChI is InChI=1S/C14H12FIN2OS/c15-9-2-1-3-10(6-9)20-7-11-17-13(8-4-5-8)12(16)14(19)18-11/h1-3,6,8H,4-5,7H2,(H,17,18,19). The van der Waals surface area contributed by atoms with Crippen molar-refractivity contribution >= 4 is 34.4 Å². The molecule has 1 fully saturated rings. The number of thioether (sulfide) groups is 1. The average Bonchev–Trinajstić information content (AvgIpc) is 3.24. The van der Waals surface area contributed by atoms with Crippen molar-refractivity contribution in [2.24, 2.45) is 0 Å². The molecule has 1 aliphatic carbocycles. The highest BCUT2D eigenvalue weighted by Crippen LogP contribution is 2.40. The summed E-state index contributed by atoms with van der Waals surface area (Å²) in [4.78, 5) is 20.1. The van der Waals surface area contributed by atoms with Gasteiger partial charge in [0.2, 0.25) is 0 Å². The minimum atomic E-state index is -0.252. The number of H-pyrrole nitrogens is 1. The van der Waals surface area contributed by atoms with E-state index in [1.165, 1.54) is 23.9 Å². The minimum Gasteiger partial charge on any atom is -0.309 e. The summed E-state index contributed by atoms with van der Waals surface area (Å²) >= 11 is 3.53. The maximum absolute atomic E-state index is 13.1. The normalized spacial score (nSPS) is 14.5. The summed E-state index contributed by atoms with van der Waals surface area (Å²) in [5.74, 6) is 1.39. The molecule has 1 saturated carbocycles. The number of nitrogens with zero attached hydrogens (tertiary/aromatic N) is 1. The minimum absolute atomic E-state index is 0.0719. The van der Waals surface area contributed by atoms with Gasteiger partial charge in [0.25, 0.3) is 5.56 Å². The van der Waals surface area contributed by atoms with Gasteiger partial charge in [-0.15, -0.1) is 11.8 Å². The number of benzene rings is 1. The second-order valence-electron chi connectivity index (χ2n) is 4.73. The number of hydrogen-bond donors (Lipinski definition) is 1. The van der Waals surface area contributed by atoms with Crippen LogP contribution in [-0.4, -0.2) is 9.97 Å². The van der Waals surface area contributed by atoms with E-state index in [-0.39, 0.29) is 11.4 Å². The van der Waals surface area contributed by atoms with Crippen LogP contribution in [0.2, 0.25) is 0 Å². The highest BCUT2D eigenvalue weighted by atomic mass is 127. The van der Waals surface area contributed by atoms with Gasteiger partial charge in [-0.3, -0.25) is 4.79 Å². The van der Waals surface area contributed by atoms with Crippen LogP contribution in [0.5, 0.6) is 0 Å². The Balaban J connectivity index is 1.79. The van der Waals surface area contributed by atoms with E-state index in [1.54, 1.807) is 6.07 Å². The lowest BCUT2D eigenvalue weighted by atomic mass is 10.3. The lowest BCUT2D eigenvalue weighted by molar-refractivity contribution is 0.624. The fourth-order valence-corrected chi connectivity index (χ4v) is 3.44. The predicted molar refractivity (Wildman–Crippen MR) is 85.5 cm³/mol. The van der Waals surface area contributed by atoms with Crippen molar-refractivity contribution in [3.8, 4) is 0 Å². The quantitative estimate of drug-likeness (QED) is 0.627. The first-order chi connectivity index (χ1) is 9.63. The van der Waals surface area contributed by atoms with Gasteiger partial charge in [-0.2, -0.15) is 0 Å². The first-order valence-electron chi connectivity index (χ1n) is 6.30. The summed E-state index contributed by atoms with van der Waals surface area (Å²) in [7, 11) is 0. The Morgan fingerprint density at radius 2 is 2.25 bits per heavy atom. The topological polar surface area (TPSA) is 45.8 Å². The SMILES string of the molecule is O=c1[nH]c(CSc2cccc(F)c2)nc(C2CC2)c1I. The monoisotopic (exact) mass is 402 g/mol. The third-order valence-corrected chi connectivity index (χ3v) is 5.12. The van der Waals surface area contributed by atoms with Crippen LogP contribution in [0.4, 0.5) is 4.39 Å². The molecule has 1 aromatic carbocycles. The van der Waals surface area contributed by atoms with Crippen molar-refractivity contribution in [1.82, 2.24) is 9.97 Å². The third kappa shape index (κ3) is 3.22. The molecule has 0 radical (unpaired) electrons. The van der Waals surface area contributed by atoms with E-state index in [1.807, 2.05) is 6.07 Å². The molecule has 2 aromatic rings. The molecular weight excluding hydrogens is 390 g/mol. The van der Waals surface area contributed by atoms with Gasteiger partial charge in [0.15, 0.2) is 0 Å². The van der Waals surface area contributed by atoms with Crippen LogP contribution in [0.15, 0.2) is 34.0 Å². The summed E-state index contributed by atoms with van der Waals surface area (Å²) in [6.07, 6.45) is 2.23. The van der Waals surface area contributed by atoms with Crippen LogP contribution in [0.25, 0.3) is 0 Å². The molecule has 0 amide bonds. The van der Waals surface area contributed by atoms with E-state index in [0.717, 1.165) is 23.4 Å². The van der Waals surface area contributed by atoms with E-state index in [9.17, 15) is 9.18 Å². The van der Waals surface area contributed by atoms with Gasteiger partial charge in [-0.1, -0.05) is 6.07 Å². The third-order valence-electron chi connectivity index (χ3n) is 3.07. The molecule has 0 aliphatic heterocycles. The molecular formula is C14H12FIN2OS. The first kappa shape index (κ1) is 14.1. The largest absolute Gasteiger partial charge is 0.309 e. The molecule has 0 spiro atoms. The molecule has 0 atom stereocenters. The number of hydrogen-bond acceptors (Lipinski definition) is 3. The summed E-state index contributed by atoms with van der Waals surface area (Å²) in [6.45, 7) is 0. The Kier molecular flexibility index (Phi) is 4.11. The second-order valence-corrected chi connectivity index (χ2v) is 6.86. The maximum Gasteiger partial charge on any atom is 0.264 e. The molecule has 3 nitrogen and oxygen atoms in total. The van der Waals surface area contributed by atoms with Crippen LogP contribution in [-0.2, 0) is 5.75 Å². The summed E-state index contributed by atoms with van der Waals surface area (Å²) in [6, 6.07) is 6.43. The number of nitrogens with one attached hydrogen (secondary N) is 1. The van der Waals surface area contributed by atoms with Gasteiger partial charge >= 0.3 is 0 Å². The number of aromatic amines is 1. The van der Waals surface area contributed by atoms with Crippen molar-refractivity contribution in [3.05, 3.63) is 55.5 Å². The molecule has 3 rings (SSSR count).